The molecule has 0 aliphatic rings. The van der Waals surface area contributed by atoms with E-state index in [9.17, 15) is 0 Å². The van der Waals surface area contributed by atoms with Crippen molar-refractivity contribution in [2.24, 2.45) is 0 Å². The summed E-state index contributed by atoms with van der Waals surface area (Å²) in [6.07, 6.45) is 0. The van der Waals surface area contributed by atoms with Gasteiger partial charge in [0.25, 0.3) is 0 Å². The molecule has 0 amide bonds. The molecule has 0 fully saturated rings. The SMILES string of the molecule is Cc1cc(C)c(Nc2nc(-c3ccc(N)cc3)cs2)c(C)c1. The Morgan fingerprint density at radius 3 is 2.27 bits per heavy atom. The first-order chi connectivity index (χ1) is 10.5. The second kappa shape index (κ2) is 5.81. The van der Waals surface area contributed by atoms with Crippen molar-refractivity contribution in [3.8, 4) is 11.3 Å². The van der Waals surface area contributed by atoms with Crippen molar-refractivity contribution in [3.05, 3.63) is 58.5 Å². The highest BCUT2D eigenvalue weighted by Crippen LogP contribution is 2.30. The zero-order valence-corrected chi connectivity index (χ0v) is 13.8. The average molecular weight is 309 g/mol. The highest BCUT2D eigenvalue weighted by molar-refractivity contribution is 7.14. The van der Waals surface area contributed by atoms with E-state index in [-0.39, 0.29) is 0 Å². The highest BCUT2D eigenvalue weighted by Gasteiger charge is 2.08. The number of benzene rings is 2. The molecular formula is C18H19N3S. The van der Waals surface area contributed by atoms with Crippen LogP contribution in [0.15, 0.2) is 41.8 Å². The first-order valence-electron chi connectivity index (χ1n) is 7.19. The van der Waals surface area contributed by atoms with Gasteiger partial charge in [-0.1, -0.05) is 29.8 Å². The van der Waals surface area contributed by atoms with Crippen molar-refractivity contribution in [1.82, 2.24) is 4.98 Å². The zero-order chi connectivity index (χ0) is 15.7. The second-order valence-electron chi connectivity index (χ2n) is 5.56. The van der Waals surface area contributed by atoms with Crippen LogP contribution in [-0.2, 0) is 0 Å². The lowest BCUT2D eigenvalue weighted by Gasteiger charge is -2.11. The van der Waals surface area contributed by atoms with E-state index in [1.165, 1.54) is 16.7 Å². The Labute approximate surface area is 134 Å². The summed E-state index contributed by atoms with van der Waals surface area (Å²) in [5.74, 6) is 0. The van der Waals surface area contributed by atoms with Crippen molar-refractivity contribution in [1.29, 1.82) is 0 Å². The number of nitrogens with two attached hydrogens (primary N) is 1. The van der Waals surface area contributed by atoms with Crippen LogP contribution in [0.1, 0.15) is 16.7 Å². The minimum atomic E-state index is 0.767. The van der Waals surface area contributed by atoms with E-state index in [2.05, 4.69) is 48.6 Å². The van der Waals surface area contributed by atoms with E-state index >= 15 is 0 Å². The lowest BCUT2D eigenvalue weighted by Crippen LogP contribution is -1.96. The van der Waals surface area contributed by atoms with E-state index < -0.39 is 0 Å². The van der Waals surface area contributed by atoms with E-state index in [1.807, 2.05) is 24.3 Å². The van der Waals surface area contributed by atoms with Crippen LogP contribution >= 0.6 is 11.3 Å². The minimum absolute atomic E-state index is 0.767. The maximum atomic E-state index is 5.73. The first kappa shape index (κ1) is 14.6. The van der Waals surface area contributed by atoms with Gasteiger partial charge in [-0.3, -0.25) is 0 Å². The third-order valence-electron chi connectivity index (χ3n) is 3.62. The molecule has 3 rings (SSSR count). The summed E-state index contributed by atoms with van der Waals surface area (Å²) in [5.41, 5.74) is 13.4. The number of anilines is 3. The van der Waals surface area contributed by atoms with Crippen LogP contribution in [0.3, 0.4) is 0 Å². The van der Waals surface area contributed by atoms with Crippen LogP contribution in [0.2, 0.25) is 0 Å². The molecule has 0 saturated carbocycles. The molecule has 0 radical (unpaired) electrons. The summed E-state index contributed by atoms with van der Waals surface area (Å²) in [6.45, 7) is 6.36. The number of nitrogens with zero attached hydrogens (tertiary/aromatic N) is 1. The van der Waals surface area contributed by atoms with Crippen LogP contribution in [0, 0.1) is 20.8 Å². The van der Waals surface area contributed by atoms with E-state index in [0.29, 0.717) is 0 Å². The van der Waals surface area contributed by atoms with Crippen molar-refractivity contribution in [3.63, 3.8) is 0 Å². The highest BCUT2D eigenvalue weighted by atomic mass is 32.1. The van der Waals surface area contributed by atoms with E-state index in [1.54, 1.807) is 11.3 Å². The number of nitrogens with one attached hydrogen (secondary N) is 1. The Morgan fingerprint density at radius 1 is 1.00 bits per heavy atom. The molecule has 0 aliphatic heterocycles. The molecule has 1 heterocycles. The molecule has 4 heteroatoms. The minimum Gasteiger partial charge on any atom is -0.399 e. The quantitative estimate of drug-likeness (QED) is 0.665. The van der Waals surface area contributed by atoms with Crippen LogP contribution in [0.5, 0.6) is 0 Å². The molecule has 0 bridgehead atoms. The molecule has 3 aromatic rings. The number of rotatable bonds is 3. The fraction of sp³-hybridized carbons (Fsp3) is 0.167. The smallest absolute Gasteiger partial charge is 0.187 e. The molecule has 112 valence electrons. The van der Waals surface area contributed by atoms with Gasteiger partial charge in [-0.15, -0.1) is 11.3 Å². The van der Waals surface area contributed by atoms with Gasteiger partial charge < -0.3 is 11.1 Å². The third kappa shape index (κ3) is 2.97. The molecule has 22 heavy (non-hydrogen) atoms. The van der Waals surface area contributed by atoms with Gasteiger partial charge in [0.15, 0.2) is 5.13 Å². The molecule has 0 saturated heterocycles. The second-order valence-corrected chi connectivity index (χ2v) is 6.42. The lowest BCUT2D eigenvalue weighted by atomic mass is 10.1. The van der Waals surface area contributed by atoms with Gasteiger partial charge in [0, 0.05) is 22.3 Å². The van der Waals surface area contributed by atoms with Gasteiger partial charge >= 0.3 is 0 Å². The van der Waals surface area contributed by atoms with Crippen molar-refractivity contribution in [2.75, 3.05) is 11.1 Å². The normalized spacial score (nSPS) is 10.7. The van der Waals surface area contributed by atoms with Crippen LogP contribution in [0.25, 0.3) is 11.3 Å². The zero-order valence-electron chi connectivity index (χ0n) is 13.0. The van der Waals surface area contributed by atoms with Gasteiger partial charge in [0.1, 0.15) is 0 Å². The summed E-state index contributed by atoms with van der Waals surface area (Å²) < 4.78 is 0. The molecule has 3 N–H and O–H groups in total. The van der Waals surface area contributed by atoms with Crippen molar-refractivity contribution in [2.45, 2.75) is 20.8 Å². The van der Waals surface area contributed by atoms with Crippen LogP contribution in [-0.4, -0.2) is 4.98 Å². The molecule has 0 spiro atoms. The van der Waals surface area contributed by atoms with Crippen molar-refractivity contribution >= 4 is 27.8 Å². The summed E-state index contributed by atoms with van der Waals surface area (Å²) in [4.78, 5) is 4.68. The summed E-state index contributed by atoms with van der Waals surface area (Å²) in [7, 11) is 0. The third-order valence-corrected chi connectivity index (χ3v) is 4.38. The largest absolute Gasteiger partial charge is 0.399 e. The van der Waals surface area contributed by atoms with E-state index in [0.717, 1.165) is 27.8 Å². The van der Waals surface area contributed by atoms with E-state index in [4.69, 9.17) is 5.73 Å². The fourth-order valence-electron chi connectivity index (χ4n) is 2.60. The first-order valence-corrected chi connectivity index (χ1v) is 8.07. The van der Waals surface area contributed by atoms with Gasteiger partial charge in [0.2, 0.25) is 0 Å². The fourth-order valence-corrected chi connectivity index (χ4v) is 3.33. The molecular weight excluding hydrogens is 290 g/mol. The Hall–Kier alpha value is -2.33. The number of thiazole rings is 1. The molecule has 3 nitrogen and oxygen atoms in total. The average Bonchev–Trinajstić information content (AvgIpc) is 2.92. The number of hydrogen-bond acceptors (Lipinski definition) is 4. The molecule has 0 aliphatic carbocycles. The molecule has 0 atom stereocenters. The van der Waals surface area contributed by atoms with Crippen LogP contribution in [0.4, 0.5) is 16.5 Å². The number of aryl methyl sites for hydroxylation is 3. The predicted octanol–water partition coefficient (Wildman–Crippen LogP) is 5.06. The number of aromatic nitrogens is 1. The maximum absolute atomic E-state index is 5.73. The van der Waals surface area contributed by atoms with Gasteiger partial charge in [-0.2, -0.15) is 0 Å². The monoisotopic (exact) mass is 309 g/mol. The van der Waals surface area contributed by atoms with Gasteiger partial charge in [-0.05, 0) is 44.0 Å². The van der Waals surface area contributed by atoms with Gasteiger partial charge in [-0.25, -0.2) is 4.98 Å². The predicted molar refractivity (Wildman–Crippen MR) is 95.9 cm³/mol. The Balaban J connectivity index is 1.87. The topological polar surface area (TPSA) is 50.9 Å². The van der Waals surface area contributed by atoms with Crippen molar-refractivity contribution < 1.29 is 0 Å². The summed E-state index contributed by atoms with van der Waals surface area (Å²) >= 11 is 1.61. The Kier molecular flexibility index (Phi) is 3.86. The lowest BCUT2D eigenvalue weighted by molar-refractivity contribution is 1.29. The molecule has 2 aromatic carbocycles. The molecule has 1 aromatic heterocycles. The Morgan fingerprint density at radius 2 is 1.64 bits per heavy atom. The van der Waals surface area contributed by atoms with Gasteiger partial charge in [0.05, 0.1) is 5.69 Å². The summed E-state index contributed by atoms with van der Waals surface area (Å²) in [5, 5.41) is 6.42. The number of hydrogen-bond donors (Lipinski definition) is 2. The van der Waals surface area contributed by atoms with Crippen LogP contribution < -0.4 is 11.1 Å². The number of nitrogen functional groups attached to an aromatic ring is 1. The summed E-state index contributed by atoms with van der Waals surface area (Å²) in [6, 6.07) is 12.2. The maximum Gasteiger partial charge on any atom is 0.187 e. The standard InChI is InChI=1S/C18H19N3S/c1-11-8-12(2)17(13(3)9-11)21-18-20-16(10-22-18)14-4-6-15(19)7-5-14/h4-10H,19H2,1-3H3,(H,20,21). The molecule has 0 unspecified atom stereocenters. The Bertz CT molecular complexity index is 780.